The Labute approximate surface area is 128 Å². The van der Waals surface area contributed by atoms with Crippen LogP contribution in [0.2, 0.25) is 0 Å². The maximum Gasteiger partial charge on any atom is 0.229 e. The molecule has 2 amide bonds. The van der Waals surface area contributed by atoms with E-state index < -0.39 is 0 Å². The highest BCUT2D eigenvalue weighted by molar-refractivity contribution is 5.95. The lowest BCUT2D eigenvalue weighted by molar-refractivity contribution is -0.139. The summed E-state index contributed by atoms with van der Waals surface area (Å²) in [4.78, 5) is 38.1. The van der Waals surface area contributed by atoms with E-state index in [1.807, 2.05) is 9.80 Å². The number of aromatic nitrogens is 2. The average Bonchev–Trinajstić information content (AvgIpc) is 2.82. The van der Waals surface area contributed by atoms with Gasteiger partial charge in [-0.25, -0.2) is 9.97 Å². The fourth-order valence-electron chi connectivity index (χ4n) is 3.13. The van der Waals surface area contributed by atoms with Gasteiger partial charge in [-0.05, 0) is 12.8 Å². The van der Waals surface area contributed by atoms with E-state index in [1.165, 1.54) is 0 Å². The van der Waals surface area contributed by atoms with Crippen molar-refractivity contribution in [2.24, 2.45) is 5.92 Å². The highest BCUT2D eigenvalue weighted by Gasteiger charge is 2.38. The first-order valence-corrected chi connectivity index (χ1v) is 7.88. The number of hydrogen-bond donors (Lipinski definition) is 0. The van der Waals surface area contributed by atoms with Crippen molar-refractivity contribution in [2.45, 2.75) is 19.3 Å². The third kappa shape index (κ3) is 2.20. The minimum absolute atomic E-state index is 0.0868. The number of carbonyl (C=O) groups excluding carboxylic acids is 2. The van der Waals surface area contributed by atoms with Crippen LogP contribution in [0.5, 0.6) is 0 Å². The third-order valence-corrected chi connectivity index (χ3v) is 4.69. The Morgan fingerprint density at radius 1 is 1.09 bits per heavy atom. The first-order chi connectivity index (χ1) is 10.7. The van der Waals surface area contributed by atoms with E-state index in [2.05, 4.69) is 9.97 Å². The van der Waals surface area contributed by atoms with E-state index in [4.69, 9.17) is 0 Å². The van der Waals surface area contributed by atoms with Gasteiger partial charge in [0, 0.05) is 39.1 Å². The molecule has 3 aliphatic rings. The smallest absolute Gasteiger partial charge is 0.229 e. The van der Waals surface area contributed by atoms with Crippen LogP contribution in [0.4, 0.5) is 11.6 Å². The molecule has 0 unspecified atom stereocenters. The molecule has 3 fully saturated rings. The second-order valence-corrected chi connectivity index (χ2v) is 6.17. The van der Waals surface area contributed by atoms with Crippen LogP contribution in [-0.4, -0.2) is 59.4 Å². The maximum absolute atomic E-state index is 12.1. The van der Waals surface area contributed by atoms with Gasteiger partial charge in [-0.2, -0.15) is 0 Å². The summed E-state index contributed by atoms with van der Waals surface area (Å²) in [6, 6.07) is 0. The third-order valence-electron chi connectivity index (χ3n) is 4.69. The number of likely N-dealkylation sites (tertiary alicyclic amines) is 1. The molecule has 3 saturated heterocycles. The number of nitrogens with zero attached hydrogens (tertiary/aromatic N) is 5. The lowest BCUT2D eigenvalue weighted by Gasteiger charge is -2.42. The number of hydrogen-bond acceptors (Lipinski definition) is 5. The van der Waals surface area contributed by atoms with E-state index in [1.54, 1.807) is 17.3 Å². The van der Waals surface area contributed by atoms with Gasteiger partial charge in [0.25, 0.3) is 0 Å². The lowest BCUT2D eigenvalue weighted by Crippen LogP contribution is -2.57. The topological polar surface area (TPSA) is 69.6 Å². The van der Waals surface area contributed by atoms with Gasteiger partial charge < -0.3 is 14.7 Å². The number of rotatable bonds is 3. The van der Waals surface area contributed by atoms with Gasteiger partial charge in [-0.1, -0.05) is 0 Å². The van der Waals surface area contributed by atoms with Gasteiger partial charge >= 0.3 is 0 Å². The Morgan fingerprint density at radius 2 is 1.82 bits per heavy atom. The fourth-order valence-corrected chi connectivity index (χ4v) is 3.13. The molecular weight excluding hydrogens is 282 g/mol. The molecule has 0 aliphatic carbocycles. The molecular formula is C15H19N5O2. The van der Waals surface area contributed by atoms with Crippen molar-refractivity contribution in [1.82, 2.24) is 14.9 Å². The molecule has 22 heavy (non-hydrogen) atoms. The van der Waals surface area contributed by atoms with Gasteiger partial charge in [0.05, 0.1) is 24.0 Å². The number of anilines is 2. The number of carbonyl (C=O) groups is 2. The molecule has 0 saturated carbocycles. The van der Waals surface area contributed by atoms with Gasteiger partial charge in [0.2, 0.25) is 17.8 Å². The van der Waals surface area contributed by atoms with E-state index in [0.29, 0.717) is 25.5 Å². The molecule has 4 heterocycles. The molecule has 3 aliphatic heterocycles. The summed E-state index contributed by atoms with van der Waals surface area (Å²) in [5.74, 6) is 1.13. The average molecular weight is 301 g/mol. The van der Waals surface area contributed by atoms with Crippen LogP contribution in [0.15, 0.2) is 12.4 Å². The summed E-state index contributed by atoms with van der Waals surface area (Å²) in [5, 5.41) is 0. The van der Waals surface area contributed by atoms with Crippen LogP contribution < -0.4 is 9.80 Å². The van der Waals surface area contributed by atoms with Crippen LogP contribution in [0, 0.1) is 5.92 Å². The molecule has 0 spiro atoms. The van der Waals surface area contributed by atoms with Gasteiger partial charge in [0.1, 0.15) is 0 Å². The monoisotopic (exact) mass is 301 g/mol. The minimum atomic E-state index is 0.0868. The SMILES string of the molecule is O=C(C1CN(c2ncc(N3CCCC3=O)cn2)C1)N1CCC1. The van der Waals surface area contributed by atoms with Crippen molar-refractivity contribution in [2.75, 3.05) is 42.5 Å². The van der Waals surface area contributed by atoms with E-state index in [0.717, 1.165) is 38.2 Å². The molecule has 1 aromatic heterocycles. The summed E-state index contributed by atoms with van der Waals surface area (Å²) < 4.78 is 0. The zero-order chi connectivity index (χ0) is 15.1. The highest BCUT2D eigenvalue weighted by Crippen LogP contribution is 2.26. The van der Waals surface area contributed by atoms with Crippen LogP contribution >= 0.6 is 0 Å². The van der Waals surface area contributed by atoms with Crippen molar-refractivity contribution in [3.63, 3.8) is 0 Å². The first kappa shape index (κ1) is 13.5. The Hall–Kier alpha value is -2.18. The van der Waals surface area contributed by atoms with Gasteiger partial charge in [0.15, 0.2) is 0 Å². The predicted molar refractivity (Wildman–Crippen MR) is 80.5 cm³/mol. The van der Waals surface area contributed by atoms with Crippen molar-refractivity contribution in [1.29, 1.82) is 0 Å². The second-order valence-electron chi connectivity index (χ2n) is 6.17. The van der Waals surface area contributed by atoms with E-state index >= 15 is 0 Å². The maximum atomic E-state index is 12.1. The summed E-state index contributed by atoms with van der Waals surface area (Å²) >= 11 is 0. The number of amides is 2. The second kappa shape index (κ2) is 5.23. The normalized spacial score (nSPS) is 21.8. The molecule has 0 N–H and O–H groups in total. The molecule has 116 valence electrons. The minimum Gasteiger partial charge on any atom is -0.342 e. The Balaban J connectivity index is 1.36. The standard InChI is InChI=1S/C15H19N5O2/c21-13-3-1-6-20(13)12-7-16-15(17-8-12)19-9-11(10-19)14(22)18-4-2-5-18/h7-8,11H,1-6,9-10H2. The van der Waals surface area contributed by atoms with E-state index in [-0.39, 0.29) is 17.7 Å². The quantitative estimate of drug-likeness (QED) is 0.801. The summed E-state index contributed by atoms with van der Waals surface area (Å²) in [7, 11) is 0. The van der Waals surface area contributed by atoms with Crippen molar-refractivity contribution < 1.29 is 9.59 Å². The highest BCUT2D eigenvalue weighted by atomic mass is 16.2. The van der Waals surface area contributed by atoms with Gasteiger partial charge in [-0.3, -0.25) is 9.59 Å². The molecule has 7 heteroatoms. The first-order valence-electron chi connectivity index (χ1n) is 7.88. The Kier molecular flexibility index (Phi) is 3.20. The predicted octanol–water partition coefficient (Wildman–Crippen LogP) is 0.272. The van der Waals surface area contributed by atoms with E-state index in [9.17, 15) is 9.59 Å². The van der Waals surface area contributed by atoms with Crippen LogP contribution in [0.1, 0.15) is 19.3 Å². The molecule has 0 radical (unpaired) electrons. The fraction of sp³-hybridized carbons (Fsp3) is 0.600. The van der Waals surface area contributed by atoms with Crippen molar-refractivity contribution >= 4 is 23.5 Å². The van der Waals surface area contributed by atoms with Crippen LogP contribution in [0.3, 0.4) is 0 Å². The zero-order valence-electron chi connectivity index (χ0n) is 12.4. The Bertz CT molecular complexity index is 592. The Morgan fingerprint density at radius 3 is 2.36 bits per heavy atom. The summed E-state index contributed by atoms with van der Waals surface area (Å²) in [6.45, 7) is 3.95. The van der Waals surface area contributed by atoms with Crippen LogP contribution in [-0.2, 0) is 9.59 Å². The molecule has 0 bridgehead atoms. The van der Waals surface area contributed by atoms with Crippen molar-refractivity contribution in [3.05, 3.63) is 12.4 Å². The van der Waals surface area contributed by atoms with Crippen LogP contribution in [0.25, 0.3) is 0 Å². The lowest BCUT2D eigenvalue weighted by atomic mass is 9.97. The van der Waals surface area contributed by atoms with Crippen molar-refractivity contribution in [3.8, 4) is 0 Å². The summed E-state index contributed by atoms with van der Waals surface area (Å²) in [6.07, 6.45) is 6.04. The molecule has 1 aromatic rings. The van der Waals surface area contributed by atoms with Gasteiger partial charge in [-0.15, -0.1) is 0 Å². The molecule has 0 aromatic carbocycles. The largest absolute Gasteiger partial charge is 0.342 e. The molecule has 4 rings (SSSR count). The molecule has 7 nitrogen and oxygen atoms in total. The molecule has 0 atom stereocenters. The summed E-state index contributed by atoms with van der Waals surface area (Å²) in [5.41, 5.74) is 0.764. The zero-order valence-corrected chi connectivity index (χ0v) is 12.4.